The summed E-state index contributed by atoms with van der Waals surface area (Å²) in [6.45, 7) is 10.1. The SMILES string of the molecule is CCC1CCNC(C(C)(O)CNC(C)C)C1. The standard InChI is InChI=1S/C13H28N2O/c1-5-11-6-7-14-12(8-11)13(4,16)9-15-10(2)3/h10-12,14-16H,5-9H2,1-4H3. The molecule has 0 aromatic carbocycles. The van der Waals surface area contributed by atoms with E-state index in [9.17, 15) is 5.11 Å². The van der Waals surface area contributed by atoms with Crippen LogP contribution < -0.4 is 10.6 Å². The molecule has 3 unspecified atom stereocenters. The van der Waals surface area contributed by atoms with Gasteiger partial charge in [0.1, 0.15) is 0 Å². The van der Waals surface area contributed by atoms with E-state index in [1.807, 2.05) is 6.92 Å². The minimum absolute atomic E-state index is 0.234. The molecule has 3 nitrogen and oxygen atoms in total. The Labute approximate surface area is 100 Å². The first kappa shape index (κ1) is 13.9. The van der Waals surface area contributed by atoms with Gasteiger partial charge in [-0.25, -0.2) is 0 Å². The zero-order chi connectivity index (χ0) is 12.2. The van der Waals surface area contributed by atoms with Gasteiger partial charge in [-0.1, -0.05) is 27.2 Å². The van der Waals surface area contributed by atoms with Gasteiger partial charge in [-0.15, -0.1) is 0 Å². The van der Waals surface area contributed by atoms with Crippen LogP contribution in [0.1, 0.15) is 47.0 Å². The van der Waals surface area contributed by atoms with E-state index in [2.05, 4.69) is 31.4 Å². The number of hydrogen-bond acceptors (Lipinski definition) is 3. The quantitative estimate of drug-likeness (QED) is 0.668. The highest BCUT2D eigenvalue weighted by Crippen LogP contribution is 2.25. The summed E-state index contributed by atoms with van der Waals surface area (Å²) >= 11 is 0. The van der Waals surface area contributed by atoms with Crippen LogP contribution in [0.4, 0.5) is 0 Å². The van der Waals surface area contributed by atoms with Crippen LogP contribution >= 0.6 is 0 Å². The topological polar surface area (TPSA) is 44.3 Å². The smallest absolute Gasteiger partial charge is 0.0895 e. The first-order chi connectivity index (χ1) is 7.45. The molecule has 1 rings (SSSR count). The number of rotatable bonds is 5. The second-order valence-electron chi connectivity index (χ2n) is 5.70. The lowest BCUT2D eigenvalue weighted by Gasteiger charge is -2.39. The molecule has 0 aromatic heterocycles. The maximum atomic E-state index is 10.5. The van der Waals surface area contributed by atoms with E-state index < -0.39 is 5.60 Å². The van der Waals surface area contributed by atoms with Crippen LogP contribution in [-0.2, 0) is 0 Å². The van der Waals surface area contributed by atoms with Crippen molar-refractivity contribution in [1.29, 1.82) is 0 Å². The molecular formula is C13H28N2O. The molecule has 3 atom stereocenters. The van der Waals surface area contributed by atoms with E-state index in [1.54, 1.807) is 0 Å². The van der Waals surface area contributed by atoms with Crippen LogP contribution in [0.5, 0.6) is 0 Å². The summed E-state index contributed by atoms with van der Waals surface area (Å²) in [7, 11) is 0. The summed E-state index contributed by atoms with van der Waals surface area (Å²) in [5, 5.41) is 17.3. The van der Waals surface area contributed by atoms with Crippen molar-refractivity contribution in [1.82, 2.24) is 10.6 Å². The first-order valence-corrected chi connectivity index (χ1v) is 6.65. The van der Waals surface area contributed by atoms with Gasteiger partial charge in [-0.05, 0) is 32.2 Å². The Hall–Kier alpha value is -0.120. The van der Waals surface area contributed by atoms with Crippen LogP contribution in [-0.4, -0.2) is 35.9 Å². The Morgan fingerprint density at radius 2 is 2.19 bits per heavy atom. The number of hydrogen-bond donors (Lipinski definition) is 3. The largest absolute Gasteiger partial charge is 0.387 e. The number of nitrogens with one attached hydrogen (secondary N) is 2. The molecule has 1 saturated heterocycles. The Morgan fingerprint density at radius 1 is 1.50 bits per heavy atom. The van der Waals surface area contributed by atoms with E-state index >= 15 is 0 Å². The van der Waals surface area contributed by atoms with Gasteiger partial charge < -0.3 is 15.7 Å². The van der Waals surface area contributed by atoms with Crippen molar-refractivity contribution in [2.75, 3.05) is 13.1 Å². The first-order valence-electron chi connectivity index (χ1n) is 6.65. The Kier molecular flexibility index (Phi) is 5.22. The minimum Gasteiger partial charge on any atom is -0.387 e. The van der Waals surface area contributed by atoms with Gasteiger partial charge in [0.05, 0.1) is 5.60 Å². The van der Waals surface area contributed by atoms with Gasteiger partial charge in [-0.2, -0.15) is 0 Å². The molecule has 3 N–H and O–H groups in total. The third-order valence-electron chi connectivity index (χ3n) is 3.71. The normalized spacial score (nSPS) is 30.4. The molecule has 16 heavy (non-hydrogen) atoms. The van der Waals surface area contributed by atoms with E-state index in [-0.39, 0.29) is 6.04 Å². The maximum absolute atomic E-state index is 10.5. The lowest BCUT2D eigenvalue weighted by atomic mass is 9.82. The minimum atomic E-state index is -0.641. The third kappa shape index (κ3) is 4.04. The molecule has 1 aliphatic heterocycles. The van der Waals surface area contributed by atoms with Gasteiger partial charge in [0.2, 0.25) is 0 Å². The molecular weight excluding hydrogens is 200 g/mol. The lowest BCUT2D eigenvalue weighted by Crippen LogP contribution is -2.57. The molecule has 1 aliphatic rings. The van der Waals surface area contributed by atoms with Crippen molar-refractivity contribution in [3.8, 4) is 0 Å². The molecule has 0 aliphatic carbocycles. The van der Waals surface area contributed by atoms with Crippen molar-refractivity contribution in [3.63, 3.8) is 0 Å². The molecule has 1 heterocycles. The number of piperidine rings is 1. The zero-order valence-electron chi connectivity index (χ0n) is 11.2. The molecule has 0 spiro atoms. The van der Waals surface area contributed by atoms with Crippen molar-refractivity contribution in [2.24, 2.45) is 5.92 Å². The average molecular weight is 228 g/mol. The van der Waals surface area contributed by atoms with Crippen LogP contribution in [0.2, 0.25) is 0 Å². The van der Waals surface area contributed by atoms with Crippen molar-refractivity contribution >= 4 is 0 Å². The summed E-state index contributed by atoms with van der Waals surface area (Å²) in [6.07, 6.45) is 3.58. The summed E-state index contributed by atoms with van der Waals surface area (Å²) in [6, 6.07) is 0.662. The maximum Gasteiger partial charge on any atom is 0.0895 e. The Morgan fingerprint density at radius 3 is 2.75 bits per heavy atom. The molecule has 0 saturated carbocycles. The van der Waals surface area contributed by atoms with Gasteiger partial charge in [0, 0.05) is 18.6 Å². The second kappa shape index (κ2) is 5.99. The second-order valence-corrected chi connectivity index (χ2v) is 5.70. The third-order valence-corrected chi connectivity index (χ3v) is 3.71. The Balaban J connectivity index is 2.46. The highest BCUT2D eigenvalue weighted by atomic mass is 16.3. The molecule has 0 amide bonds. The fraction of sp³-hybridized carbons (Fsp3) is 1.00. The fourth-order valence-electron chi connectivity index (χ4n) is 2.37. The molecule has 96 valence electrons. The lowest BCUT2D eigenvalue weighted by molar-refractivity contribution is 0.000801. The van der Waals surface area contributed by atoms with Gasteiger partial charge in [0.15, 0.2) is 0 Å². The molecule has 1 fully saturated rings. The fourth-order valence-corrected chi connectivity index (χ4v) is 2.37. The van der Waals surface area contributed by atoms with Crippen molar-refractivity contribution in [2.45, 2.75) is 64.6 Å². The zero-order valence-corrected chi connectivity index (χ0v) is 11.2. The predicted molar refractivity (Wildman–Crippen MR) is 68.6 cm³/mol. The molecule has 0 radical (unpaired) electrons. The summed E-state index contributed by atoms with van der Waals surface area (Å²) < 4.78 is 0. The van der Waals surface area contributed by atoms with E-state index in [0.717, 1.165) is 18.9 Å². The van der Waals surface area contributed by atoms with E-state index in [4.69, 9.17) is 0 Å². The van der Waals surface area contributed by atoms with Crippen LogP contribution in [0.15, 0.2) is 0 Å². The molecule has 0 aromatic rings. The van der Waals surface area contributed by atoms with E-state index in [1.165, 1.54) is 12.8 Å². The molecule has 0 bridgehead atoms. The predicted octanol–water partition coefficient (Wildman–Crippen LogP) is 1.51. The Bertz CT molecular complexity index is 204. The summed E-state index contributed by atoms with van der Waals surface area (Å²) in [5.41, 5.74) is -0.641. The summed E-state index contributed by atoms with van der Waals surface area (Å²) in [5.74, 6) is 0.775. The highest BCUT2D eigenvalue weighted by Gasteiger charge is 2.35. The summed E-state index contributed by atoms with van der Waals surface area (Å²) in [4.78, 5) is 0. The number of aliphatic hydroxyl groups is 1. The van der Waals surface area contributed by atoms with Gasteiger partial charge in [-0.3, -0.25) is 0 Å². The molecule has 3 heteroatoms. The van der Waals surface area contributed by atoms with Gasteiger partial charge >= 0.3 is 0 Å². The van der Waals surface area contributed by atoms with Crippen LogP contribution in [0, 0.1) is 5.92 Å². The van der Waals surface area contributed by atoms with Crippen LogP contribution in [0.3, 0.4) is 0 Å². The average Bonchev–Trinajstić information content (AvgIpc) is 2.27. The van der Waals surface area contributed by atoms with Crippen molar-refractivity contribution in [3.05, 3.63) is 0 Å². The van der Waals surface area contributed by atoms with Crippen LogP contribution in [0.25, 0.3) is 0 Å². The van der Waals surface area contributed by atoms with Crippen molar-refractivity contribution < 1.29 is 5.11 Å². The van der Waals surface area contributed by atoms with Gasteiger partial charge in [0.25, 0.3) is 0 Å². The monoisotopic (exact) mass is 228 g/mol. The van der Waals surface area contributed by atoms with E-state index in [0.29, 0.717) is 12.6 Å². The highest BCUT2D eigenvalue weighted by molar-refractivity contribution is 4.93.